The molecule has 0 radical (unpaired) electrons. The molecule has 2 aromatic carbocycles. The Balaban J connectivity index is 2.68. The zero-order valence-electron chi connectivity index (χ0n) is 13.6. The molecule has 0 aliphatic heterocycles. The van der Waals surface area contributed by atoms with Gasteiger partial charge in [0.25, 0.3) is 10.0 Å². The van der Waals surface area contributed by atoms with Gasteiger partial charge in [-0.15, -0.1) is 0 Å². The van der Waals surface area contributed by atoms with Crippen LogP contribution in [0.15, 0.2) is 47.4 Å². The SMILES string of the molecule is CCN(c1ccccc1C(=O)O)S(=O)(=O)c1cc(C(=O)O)ccc1C. The summed E-state index contributed by atoms with van der Waals surface area (Å²) in [7, 11) is -4.14. The minimum Gasteiger partial charge on any atom is -0.478 e. The van der Waals surface area contributed by atoms with E-state index in [1.54, 1.807) is 19.9 Å². The molecule has 0 unspecified atom stereocenters. The van der Waals surface area contributed by atoms with Crippen molar-refractivity contribution in [2.45, 2.75) is 18.7 Å². The highest BCUT2D eigenvalue weighted by Gasteiger charge is 2.29. The van der Waals surface area contributed by atoms with Crippen molar-refractivity contribution in [2.75, 3.05) is 10.8 Å². The van der Waals surface area contributed by atoms with Crippen LogP contribution in [-0.4, -0.2) is 37.1 Å². The molecule has 0 atom stereocenters. The second-order valence-corrected chi connectivity index (χ2v) is 7.11. The topological polar surface area (TPSA) is 112 Å². The number of hydrogen-bond acceptors (Lipinski definition) is 4. The number of nitrogens with zero attached hydrogens (tertiary/aromatic N) is 1. The van der Waals surface area contributed by atoms with E-state index in [1.807, 2.05) is 0 Å². The van der Waals surface area contributed by atoms with E-state index >= 15 is 0 Å². The van der Waals surface area contributed by atoms with Crippen molar-refractivity contribution in [3.05, 3.63) is 59.2 Å². The fourth-order valence-electron chi connectivity index (χ4n) is 2.47. The summed E-state index contributed by atoms with van der Waals surface area (Å²) in [4.78, 5) is 22.4. The fourth-order valence-corrected chi connectivity index (χ4v) is 4.22. The van der Waals surface area contributed by atoms with Gasteiger partial charge in [-0.2, -0.15) is 0 Å². The van der Waals surface area contributed by atoms with Gasteiger partial charge in [-0.25, -0.2) is 18.0 Å². The molecule has 0 aliphatic rings. The molecular weight excluding hydrogens is 346 g/mol. The Labute approximate surface area is 145 Å². The summed E-state index contributed by atoms with van der Waals surface area (Å²) in [6.45, 7) is 3.12. The second-order valence-electron chi connectivity index (χ2n) is 5.28. The van der Waals surface area contributed by atoms with E-state index in [4.69, 9.17) is 5.11 Å². The standard InChI is InChI=1S/C17H17NO6S/c1-3-18(14-7-5-4-6-13(14)17(21)22)25(23,24)15-10-12(16(19)20)9-8-11(15)2/h4-10H,3H2,1-2H3,(H,19,20)(H,21,22). The molecule has 0 amide bonds. The Bertz CT molecular complexity index is 936. The van der Waals surface area contributed by atoms with Crippen LogP contribution in [0, 0.1) is 6.92 Å². The molecular formula is C17H17NO6S. The molecule has 132 valence electrons. The first-order valence-electron chi connectivity index (χ1n) is 7.39. The average Bonchev–Trinajstić information content (AvgIpc) is 2.55. The average molecular weight is 363 g/mol. The van der Waals surface area contributed by atoms with Crippen LogP contribution in [0.2, 0.25) is 0 Å². The van der Waals surface area contributed by atoms with E-state index in [0.29, 0.717) is 5.56 Å². The number of aryl methyl sites for hydroxylation is 1. The first-order chi connectivity index (χ1) is 11.7. The maximum absolute atomic E-state index is 13.1. The van der Waals surface area contributed by atoms with Crippen molar-refractivity contribution in [2.24, 2.45) is 0 Å². The van der Waals surface area contributed by atoms with Gasteiger partial charge >= 0.3 is 11.9 Å². The quantitative estimate of drug-likeness (QED) is 0.816. The lowest BCUT2D eigenvalue weighted by Crippen LogP contribution is -2.32. The fraction of sp³-hybridized carbons (Fsp3) is 0.176. The summed E-state index contributed by atoms with van der Waals surface area (Å²) < 4.78 is 27.1. The molecule has 2 N–H and O–H groups in total. The molecule has 0 bridgehead atoms. The first-order valence-corrected chi connectivity index (χ1v) is 8.83. The largest absolute Gasteiger partial charge is 0.478 e. The molecule has 25 heavy (non-hydrogen) atoms. The van der Waals surface area contributed by atoms with Crippen LogP contribution in [-0.2, 0) is 10.0 Å². The number of aromatic carboxylic acids is 2. The van der Waals surface area contributed by atoms with Gasteiger partial charge in [0.2, 0.25) is 0 Å². The number of carboxylic acids is 2. The number of sulfonamides is 1. The monoisotopic (exact) mass is 363 g/mol. The maximum Gasteiger partial charge on any atom is 0.337 e. The third kappa shape index (κ3) is 3.48. The van der Waals surface area contributed by atoms with Crippen LogP contribution in [0.5, 0.6) is 0 Å². The Kier molecular flexibility index (Phi) is 5.13. The van der Waals surface area contributed by atoms with E-state index in [1.165, 1.54) is 30.3 Å². The molecule has 0 aromatic heterocycles. The molecule has 8 heteroatoms. The number of carbonyl (C=O) groups is 2. The molecule has 0 saturated carbocycles. The predicted molar refractivity (Wildman–Crippen MR) is 91.7 cm³/mol. The lowest BCUT2D eigenvalue weighted by atomic mass is 10.1. The highest BCUT2D eigenvalue weighted by Crippen LogP contribution is 2.29. The molecule has 0 heterocycles. The van der Waals surface area contributed by atoms with Gasteiger partial charge in [0.15, 0.2) is 0 Å². The maximum atomic E-state index is 13.1. The molecule has 2 aromatic rings. The van der Waals surface area contributed by atoms with Crippen molar-refractivity contribution < 1.29 is 28.2 Å². The number of para-hydroxylation sites is 1. The summed E-state index contributed by atoms with van der Waals surface area (Å²) >= 11 is 0. The van der Waals surface area contributed by atoms with E-state index in [0.717, 1.165) is 10.4 Å². The van der Waals surface area contributed by atoms with Gasteiger partial charge in [-0.1, -0.05) is 18.2 Å². The molecule has 0 fully saturated rings. The number of anilines is 1. The van der Waals surface area contributed by atoms with E-state index in [9.17, 15) is 23.1 Å². The minimum atomic E-state index is -4.14. The number of hydrogen-bond donors (Lipinski definition) is 2. The minimum absolute atomic E-state index is 0.0105. The summed E-state index contributed by atoms with van der Waals surface area (Å²) in [6, 6.07) is 9.58. The Morgan fingerprint density at radius 1 is 1.04 bits per heavy atom. The van der Waals surface area contributed by atoms with E-state index in [-0.39, 0.29) is 28.3 Å². The highest BCUT2D eigenvalue weighted by atomic mass is 32.2. The molecule has 0 aliphatic carbocycles. The molecule has 0 spiro atoms. The zero-order chi connectivity index (χ0) is 18.8. The molecule has 0 saturated heterocycles. The van der Waals surface area contributed by atoms with Crippen LogP contribution in [0.3, 0.4) is 0 Å². The number of benzene rings is 2. The van der Waals surface area contributed by atoms with E-state index in [2.05, 4.69) is 0 Å². The van der Waals surface area contributed by atoms with Gasteiger partial charge in [0, 0.05) is 6.54 Å². The summed E-state index contributed by atoms with van der Waals surface area (Å²) in [5.74, 6) is -2.49. The number of rotatable bonds is 6. The Hall–Kier alpha value is -2.87. The van der Waals surface area contributed by atoms with E-state index < -0.39 is 22.0 Å². The van der Waals surface area contributed by atoms with Gasteiger partial charge in [0.1, 0.15) is 0 Å². The van der Waals surface area contributed by atoms with Crippen LogP contribution in [0.1, 0.15) is 33.2 Å². The normalized spacial score (nSPS) is 11.1. The first kappa shape index (κ1) is 18.5. The van der Waals surface area contributed by atoms with Crippen molar-refractivity contribution in [1.82, 2.24) is 0 Å². The van der Waals surface area contributed by atoms with Gasteiger partial charge < -0.3 is 10.2 Å². The summed E-state index contributed by atoms with van der Waals surface area (Å²) in [6.07, 6.45) is 0. The lowest BCUT2D eigenvalue weighted by Gasteiger charge is -2.25. The van der Waals surface area contributed by atoms with Crippen LogP contribution in [0.4, 0.5) is 5.69 Å². The van der Waals surface area contributed by atoms with Crippen molar-refractivity contribution >= 4 is 27.6 Å². The number of carboxylic acid groups (broad SMARTS) is 2. The van der Waals surface area contributed by atoms with Crippen LogP contribution >= 0.6 is 0 Å². The lowest BCUT2D eigenvalue weighted by molar-refractivity contribution is 0.0686. The van der Waals surface area contributed by atoms with Crippen molar-refractivity contribution in [1.29, 1.82) is 0 Å². The zero-order valence-corrected chi connectivity index (χ0v) is 14.4. The van der Waals surface area contributed by atoms with Gasteiger partial charge in [0.05, 0.1) is 21.7 Å². The third-order valence-corrected chi connectivity index (χ3v) is 5.72. The predicted octanol–water partition coefficient (Wildman–Crippen LogP) is 2.61. The Morgan fingerprint density at radius 3 is 2.24 bits per heavy atom. The summed E-state index contributed by atoms with van der Waals surface area (Å²) in [5, 5.41) is 18.4. The highest BCUT2D eigenvalue weighted by molar-refractivity contribution is 7.92. The third-order valence-electron chi connectivity index (χ3n) is 3.69. The second kappa shape index (κ2) is 6.94. The van der Waals surface area contributed by atoms with Crippen molar-refractivity contribution in [3.8, 4) is 0 Å². The van der Waals surface area contributed by atoms with Crippen LogP contribution < -0.4 is 4.31 Å². The van der Waals surface area contributed by atoms with Crippen LogP contribution in [0.25, 0.3) is 0 Å². The summed E-state index contributed by atoms with van der Waals surface area (Å²) in [5.41, 5.74) is 0.0839. The molecule has 2 rings (SSSR count). The van der Waals surface area contributed by atoms with Gasteiger partial charge in [-0.05, 0) is 43.7 Å². The Morgan fingerprint density at radius 2 is 1.68 bits per heavy atom. The smallest absolute Gasteiger partial charge is 0.337 e. The van der Waals surface area contributed by atoms with Crippen molar-refractivity contribution in [3.63, 3.8) is 0 Å². The van der Waals surface area contributed by atoms with Gasteiger partial charge in [-0.3, -0.25) is 4.31 Å². The molecule has 7 nitrogen and oxygen atoms in total.